The molecule has 0 unspecified atom stereocenters. The van der Waals surface area contributed by atoms with Gasteiger partial charge in [0.15, 0.2) is 0 Å². The highest BCUT2D eigenvalue weighted by Crippen LogP contribution is 2.18. The van der Waals surface area contributed by atoms with Gasteiger partial charge in [0.1, 0.15) is 5.75 Å². The van der Waals surface area contributed by atoms with Gasteiger partial charge in [0, 0.05) is 6.04 Å². The zero-order valence-electron chi connectivity index (χ0n) is 8.37. The van der Waals surface area contributed by atoms with Crippen molar-refractivity contribution in [2.24, 2.45) is 5.73 Å². The molecule has 3 heteroatoms. The van der Waals surface area contributed by atoms with E-state index in [1.165, 1.54) is 0 Å². The SMILES string of the molecule is CCOc1ccc([C@H](N)CCF)cc1. The first kappa shape index (κ1) is 11.0. The predicted octanol–water partition coefficient (Wildman–Crippen LogP) is 2.44. The van der Waals surface area contributed by atoms with E-state index in [1.54, 1.807) is 0 Å². The van der Waals surface area contributed by atoms with Crippen molar-refractivity contribution in [3.05, 3.63) is 29.8 Å². The minimum absolute atomic E-state index is 0.212. The Labute approximate surface area is 83.9 Å². The average Bonchev–Trinajstić information content (AvgIpc) is 2.20. The van der Waals surface area contributed by atoms with Crippen LogP contribution in [0.2, 0.25) is 0 Å². The fourth-order valence-electron chi connectivity index (χ4n) is 1.26. The van der Waals surface area contributed by atoms with Crippen LogP contribution in [-0.4, -0.2) is 13.3 Å². The van der Waals surface area contributed by atoms with Crippen molar-refractivity contribution in [1.82, 2.24) is 0 Å². The monoisotopic (exact) mass is 197 g/mol. The van der Waals surface area contributed by atoms with Crippen molar-refractivity contribution >= 4 is 0 Å². The number of ether oxygens (including phenoxy) is 1. The van der Waals surface area contributed by atoms with Crippen molar-refractivity contribution in [2.75, 3.05) is 13.3 Å². The van der Waals surface area contributed by atoms with Gasteiger partial charge in [-0.15, -0.1) is 0 Å². The normalized spacial score (nSPS) is 12.5. The highest BCUT2D eigenvalue weighted by molar-refractivity contribution is 5.28. The van der Waals surface area contributed by atoms with Gasteiger partial charge in [-0.3, -0.25) is 4.39 Å². The molecule has 1 rings (SSSR count). The molecule has 0 aromatic heterocycles. The third-order valence-electron chi connectivity index (χ3n) is 2.04. The van der Waals surface area contributed by atoms with Crippen LogP contribution in [0, 0.1) is 0 Å². The Balaban J connectivity index is 2.62. The van der Waals surface area contributed by atoms with E-state index in [9.17, 15) is 4.39 Å². The van der Waals surface area contributed by atoms with Gasteiger partial charge in [0.25, 0.3) is 0 Å². The smallest absolute Gasteiger partial charge is 0.119 e. The number of nitrogens with two attached hydrogens (primary N) is 1. The summed E-state index contributed by atoms with van der Waals surface area (Å²) in [6.45, 7) is 2.20. The van der Waals surface area contributed by atoms with Crippen molar-refractivity contribution in [2.45, 2.75) is 19.4 Å². The molecule has 0 saturated carbocycles. The van der Waals surface area contributed by atoms with Crippen LogP contribution >= 0.6 is 0 Å². The maximum absolute atomic E-state index is 12.0. The van der Waals surface area contributed by atoms with Crippen LogP contribution in [0.25, 0.3) is 0 Å². The molecule has 0 radical (unpaired) electrons. The number of alkyl halides is 1. The highest BCUT2D eigenvalue weighted by atomic mass is 19.1. The minimum atomic E-state index is -0.381. The largest absolute Gasteiger partial charge is 0.494 e. The lowest BCUT2D eigenvalue weighted by atomic mass is 10.1. The molecule has 0 saturated heterocycles. The molecule has 0 amide bonds. The molecule has 1 atom stereocenters. The Hall–Kier alpha value is -1.09. The summed E-state index contributed by atoms with van der Waals surface area (Å²) in [6.07, 6.45) is 0.369. The minimum Gasteiger partial charge on any atom is -0.494 e. The van der Waals surface area contributed by atoms with Gasteiger partial charge in [-0.2, -0.15) is 0 Å². The maximum Gasteiger partial charge on any atom is 0.119 e. The van der Waals surface area contributed by atoms with Crippen LogP contribution in [0.1, 0.15) is 24.9 Å². The Morgan fingerprint density at radius 1 is 1.36 bits per heavy atom. The first-order valence-electron chi connectivity index (χ1n) is 4.82. The Morgan fingerprint density at radius 3 is 2.50 bits per heavy atom. The summed E-state index contributed by atoms with van der Waals surface area (Å²) in [7, 11) is 0. The molecule has 0 aliphatic rings. The van der Waals surface area contributed by atoms with E-state index in [0.717, 1.165) is 11.3 Å². The van der Waals surface area contributed by atoms with Gasteiger partial charge in [-0.25, -0.2) is 0 Å². The fraction of sp³-hybridized carbons (Fsp3) is 0.455. The predicted molar refractivity (Wildman–Crippen MR) is 55.1 cm³/mol. The van der Waals surface area contributed by atoms with Crippen molar-refractivity contribution in [3.8, 4) is 5.75 Å². The van der Waals surface area contributed by atoms with Gasteiger partial charge >= 0.3 is 0 Å². The molecule has 2 nitrogen and oxygen atoms in total. The van der Waals surface area contributed by atoms with E-state index in [2.05, 4.69) is 0 Å². The lowest BCUT2D eigenvalue weighted by molar-refractivity contribution is 0.340. The van der Waals surface area contributed by atoms with E-state index in [4.69, 9.17) is 10.5 Å². The van der Waals surface area contributed by atoms with E-state index in [-0.39, 0.29) is 12.7 Å². The van der Waals surface area contributed by atoms with Crippen molar-refractivity contribution in [3.63, 3.8) is 0 Å². The van der Waals surface area contributed by atoms with Gasteiger partial charge in [0.2, 0.25) is 0 Å². The summed E-state index contributed by atoms with van der Waals surface area (Å²) in [5, 5.41) is 0. The fourth-order valence-corrected chi connectivity index (χ4v) is 1.26. The number of rotatable bonds is 5. The Bertz CT molecular complexity index is 260. The molecule has 0 aliphatic heterocycles. The molecular weight excluding hydrogens is 181 g/mol. The van der Waals surface area contributed by atoms with E-state index < -0.39 is 0 Å². The van der Waals surface area contributed by atoms with Gasteiger partial charge < -0.3 is 10.5 Å². The second-order valence-electron chi connectivity index (χ2n) is 3.09. The van der Waals surface area contributed by atoms with Gasteiger partial charge in [-0.1, -0.05) is 12.1 Å². The second kappa shape index (κ2) is 5.60. The van der Waals surface area contributed by atoms with Gasteiger partial charge in [0.05, 0.1) is 13.3 Å². The van der Waals surface area contributed by atoms with Crippen LogP contribution in [0.3, 0.4) is 0 Å². The highest BCUT2D eigenvalue weighted by Gasteiger charge is 2.04. The van der Waals surface area contributed by atoms with E-state index in [0.29, 0.717) is 13.0 Å². The quantitative estimate of drug-likeness (QED) is 0.786. The lowest BCUT2D eigenvalue weighted by Crippen LogP contribution is -2.10. The Kier molecular flexibility index (Phi) is 4.40. The summed E-state index contributed by atoms with van der Waals surface area (Å²) in [4.78, 5) is 0. The van der Waals surface area contributed by atoms with E-state index >= 15 is 0 Å². The standard InChI is InChI=1S/C11H16FNO/c1-2-14-10-5-3-9(4-6-10)11(13)7-8-12/h3-6,11H,2,7-8,13H2,1H3/t11-/m1/s1. The van der Waals surface area contributed by atoms with Crippen LogP contribution in [0.4, 0.5) is 4.39 Å². The molecule has 0 heterocycles. The molecule has 78 valence electrons. The molecule has 1 aromatic rings. The molecule has 0 bridgehead atoms. The number of benzene rings is 1. The summed E-state index contributed by atoms with van der Waals surface area (Å²) in [5.74, 6) is 0.823. The molecule has 0 aliphatic carbocycles. The zero-order chi connectivity index (χ0) is 10.4. The maximum atomic E-state index is 12.0. The van der Waals surface area contributed by atoms with Crippen molar-refractivity contribution in [1.29, 1.82) is 0 Å². The van der Waals surface area contributed by atoms with Crippen LogP contribution in [0.5, 0.6) is 5.75 Å². The first-order chi connectivity index (χ1) is 6.77. The second-order valence-corrected chi connectivity index (χ2v) is 3.09. The first-order valence-corrected chi connectivity index (χ1v) is 4.82. The van der Waals surface area contributed by atoms with Crippen molar-refractivity contribution < 1.29 is 9.13 Å². The summed E-state index contributed by atoms with van der Waals surface area (Å²) in [6, 6.07) is 7.26. The third kappa shape index (κ3) is 3.00. The van der Waals surface area contributed by atoms with Crippen LogP contribution < -0.4 is 10.5 Å². The Morgan fingerprint density at radius 2 is 2.00 bits per heavy atom. The number of hydrogen-bond donors (Lipinski definition) is 1. The third-order valence-corrected chi connectivity index (χ3v) is 2.04. The zero-order valence-corrected chi connectivity index (χ0v) is 8.37. The molecule has 14 heavy (non-hydrogen) atoms. The van der Waals surface area contributed by atoms with Gasteiger partial charge in [-0.05, 0) is 31.0 Å². The van der Waals surface area contributed by atoms with Crippen LogP contribution in [0.15, 0.2) is 24.3 Å². The summed E-state index contributed by atoms with van der Waals surface area (Å²) >= 11 is 0. The number of halogens is 1. The molecule has 0 fully saturated rings. The lowest BCUT2D eigenvalue weighted by Gasteiger charge is -2.10. The molecule has 2 N–H and O–H groups in total. The average molecular weight is 197 g/mol. The molecular formula is C11H16FNO. The number of hydrogen-bond acceptors (Lipinski definition) is 2. The molecule has 1 aromatic carbocycles. The molecule has 0 spiro atoms. The summed E-state index contributed by atoms with van der Waals surface area (Å²) < 4.78 is 17.3. The van der Waals surface area contributed by atoms with Crippen LogP contribution in [-0.2, 0) is 0 Å². The summed E-state index contributed by atoms with van der Waals surface area (Å²) in [5.41, 5.74) is 6.70. The topological polar surface area (TPSA) is 35.2 Å². The van der Waals surface area contributed by atoms with E-state index in [1.807, 2.05) is 31.2 Å².